The average molecular weight is 757 g/mol. The third-order valence-corrected chi connectivity index (χ3v) is 12.8. The molecule has 0 radical (unpaired) electrons. The maximum absolute atomic E-state index is 7.43. The molecule has 0 saturated carbocycles. The Morgan fingerprint density at radius 2 is 1.31 bits per heavy atom. The largest absolute Gasteiger partial charge is 0.344 e. The van der Waals surface area contributed by atoms with Gasteiger partial charge in [0.15, 0.2) is 12.3 Å². The van der Waals surface area contributed by atoms with E-state index in [4.69, 9.17) is 11.6 Å². The Bertz CT molecular complexity index is 2280. The number of quaternary nitrogens is 2. The molecule has 0 fully saturated rings. The molecule has 4 aromatic rings. The van der Waals surface area contributed by atoms with Crippen LogP contribution in [-0.4, -0.2) is 87.7 Å². The van der Waals surface area contributed by atoms with E-state index in [1.165, 1.54) is 66.6 Å². The summed E-state index contributed by atoms with van der Waals surface area (Å²) in [7, 11) is 13.7. The molecule has 0 bridgehead atoms. The van der Waals surface area contributed by atoms with Crippen molar-refractivity contribution < 1.29 is 13.5 Å². The number of anilines is 1. The van der Waals surface area contributed by atoms with Gasteiger partial charge in [0.05, 0.1) is 67.2 Å². The highest BCUT2D eigenvalue weighted by molar-refractivity contribution is 6.32. The fourth-order valence-electron chi connectivity index (χ4n) is 9.53. The Kier molecular flexibility index (Phi) is 10.6. The van der Waals surface area contributed by atoms with Gasteiger partial charge in [-0.15, -0.1) is 0 Å². The van der Waals surface area contributed by atoms with Crippen LogP contribution in [0.25, 0.3) is 21.5 Å². The standard InChI is InChI=1S/C50H64ClN4/c1-49(2)44(52(32-16-34-54(5,6)7)42-28-24-36-18-11-13-22-40(36)46(42)49)30-26-38-20-15-21-39(48(38)51)27-31-45-50(3,4)47-41-23-14-12-19-37(41)25-29-43(47)53(45)33-17-35-55(8,9)10/h11-14,18-19,22-31H,15-17,20-21,32-35H2,1-10H3/q+3. The first-order valence-corrected chi connectivity index (χ1v) is 20.9. The van der Waals surface area contributed by atoms with Crippen molar-refractivity contribution in [2.24, 2.45) is 0 Å². The second-order valence-corrected chi connectivity index (χ2v) is 19.7. The lowest BCUT2D eigenvalue weighted by Crippen LogP contribution is -2.37. The third kappa shape index (κ3) is 7.75. The van der Waals surface area contributed by atoms with Gasteiger partial charge in [-0.25, -0.2) is 0 Å². The first kappa shape index (κ1) is 39.3. The van der Waals surface area contributed by atoms with E-state index in [0.717, 1.165) is 72.3 Å². The van der Waals surface area contributed by atoms with Crippen molar-refractivity contribution in [1.29, 1.82) is 0 Å². The molecule has 5 heteroatoms. The van der Waals surface area contributed by atoms with Gasteiger partial charge in [0.25, 0.3) is 0 Å². The molecule has 288 valence electrons. The fourth-order valence-corrected chi connectivity index (χ4v) is 9.84. The van der Waals surface area contributed by atoms with Gasteiger partial charge >= 0.3 is 0 Å². The van der Waals surface area contributed by atoms with Crippen LogP contribution in [0.1, 0.15) is 70.9 Å². The maximum atomic E-state index is 7.43. The highest BCUT2D eigenvalue weighted by atomic mass is 35.5. The number of halogens is 1. The predicted octanol–water partition coefficient (Wildman–Crippen LogP) is 11.4. The minimum absolute atomic E-state index is 0.142. The van der Waals surface area contributed by atoms with Crippen LogP contribution in [0, 0.1) is 0 Å². The minimum atomic E-state index is -0.142. The summed E-state index contributed by atoms with van der Waals surface area (Å²) in [6.45, 7) is 13.9. The Hall–Kier alpha value is -3.96. The zero-order chi connectivity index (χ0) is 39.3. The van der Waals surface area contributed by atoms with Gasteiger partial charge in [-0.3, -0.25) is 0 Å². The Labute approximate surface area is 336 Å². The van der Waals surface area contributed by atoms with E-state index in [1.807, 2.05) is 0 Å². The molecule has 0 atom stereocenters. The lowest BCUT2D eigenvalue weighted by molar-refractivity contribution is -0.871. The number of benzene rings is 4. The van der Waals surface area contributed by atoms with Crippen LogP contribution in [0.5, 0.6) is 0 Å². The summed E-state index contributed by atoms with van der Waals surface area (Å²) in [6, 6.07) is 27.1. The second-order valence-electron chi connectivity index (χ2n) is 19.3. The summed E-state index contributed by atoms with van der Waals surface area (Å²) in [5.74, 6) is 0. The molecule has 4 nitrogen and oxygen atoms in total. The molecule has 4 aromatic carbocycles. The van der Waals surface area contributed by atoms with Crippen LogP contribution >= 0.6 is 11.6 Å². The van der Waals surface area contributed by atoms with E-state index in [0.29, 0.717) is 0 Å². The highest BCUT2D eigenvalue weighted by Gasteiger charge is 2.46. The molecule has 0 amide bonds. The smallest absolute Gasteiger partial charge is 0.210 e. The lowest BCUT2D eigenvalue weighted by Gasteiger charge is -2.29. The van der Waals surface area contributed by atoms with Gasteiger partial charge in [0.1, 0.15) is 0 Å². The van der Waals surface area contributed by atoms with Crippen LogP contribution < -0.4 is 4.90 Å². The molecule has 2 heterocycles. The van der Waals surface area contributed by atoms with E-state index < -0.39 is 0 Å². The summed E-state index contributed by atoms with van der Waals surface area (Å²) in [6.07, 6.45) is 14.8. The Morgan fingerprint density at radius 1 is 0.691 bits per heavy atom. The number of hydrogen-bond donors (Lipinski definition) is 0. The number of hydrogen-bond acceptors (Lipinski definition) is 1. The Balaban J connectivity index is 1.25. The van der Waals surface area contributed by atoms with Crippen molar-refractivity contribution in [1.82, 2.24) is 0 Å². The van der Waals surface area contributed by atoms with Crippen molar-refractivity contribution in [2.75, 3.05) is 73.4 Å². The molecule has 0 saturated heterocycles. The molecule has 3 aliphatic rings. The second kappa shape index (κ2) is 14.8. The van der Waals surface area contributed by atoms with Crippen molar-refractivity contribution in [2.45, 2.75) is 70.6 Å². The summed E-state index contributed by atoms with van der Waals surface area (Å²) in [5.41, 5.74) is 10.5. The minimum Gasteiger partial charge on any atom is -0.344 e. The van der Waals surface area contributed by atoms with Gasteiger partial charge in [0.2, 0.25) is 5.69 Å². The van der Waals surface area contributed by atoms with Crippen LogP contribution in [0.15, 0.2) is 119 Å². The SMILES string of the molecule is CC1(C)C(/C=C/C2=C(Cl)C(=C/C=C3/N(CCC[N+](C)(C)C)c4ccc5ccccc5c4C3(C)C)/CCC2)=[N+](CCC[N+](C)(C)C)c2ccc3ccccc3c21. The zero-order valence-electron chi connectivity index (χ0n) is 35.3. The first-order chi connectivity index (χ1) is 26.0. The summed E-state index contributed by atoms with van der Waals surface area (Å²) in [4.78, 5) is 2.60. The molecular formula is C50H64ClN4+3. The number of nitrogens with zero attached hydrogens (tertiary/aromatic N) is 4. The van der Waals surface area contributed by atoms with Crippen molar-refractivity contribution in [3.63, 3.8) is 0 Å². The van der Waals surface area contributed by atoms with Gasteiger partial charge in [0, 0.05) is 52.5 Å². The number of allylic oxidation sites excluding steroid dienone is 8. The fraction of sp³-hybridized carbons (Fsp3) is 0.420. The Morgan fingerprint density at radius 3 is 1.98 bits per heavy atom. The van der Waals surface area contributed by atoms with Gasteiger partial charge < -0.3 is 13.9 Å². The average Bonchev–Trinajstić information content (AvgIpc) is 3.47. The third-order valence-electron chi connectivity index (χ3n) is 12.3. The van der Waals surface area contributed by atoms with E-state index in [2.05, 4.69) is 177 Å². The molecule has 0 unspecified atom stereocenters. The van der Waals surface area contributed by atoms with Crippen molar-refractivity contribution in [3.05, 3.63) is 130 Å². The highest BCUT2D eigenvalue weighted by Crippen LogP contribution is 2.51. The summed E-state index contributed by atoms with van der Waals surface area (Å²) < 4.78 is 4.53. The topological polar surface area (TPSA) is 6.25 Å². The molecule has 0 aromatic heterocycles. The predicted molar refractivity (Wildman–Crippen MR) is 238 cm³/mol. The number of fused-ring (bicyclic) bond motifs is 6. The number of rotatable bonds is 11. The quantitative estimate of drug-likeness (QED) is 0.109. The van der Waals surface area contributed by atoms with Gasteiger partial charge in [-0.2, -0.15) is 4.58 Å². The normalized spacial score (nSPS) is 19.9. The van der Waals surface area contributed by atoms with Crippen LogP contribution in [-0.2, 0) is 10.8 Å². The molecule has 0 N–H and O–H groups in total. The van der Waals surface area contributed by atoms with E-state index >= 15 is 0 Å². The molecule has 1 aliphatic carbocycles. The van der Waals surface area contributed by atoms with Crippen LogP contribution in [0.3, 0.4) is 0 Å². The first-order valence-electron chi connectivity index (χ1n) is 20.5. The summed E-state index contributed by atoms with van der Waals surface area (Å²) >= 11 is 7.43. The van der Waals surface area contributed by atoms with E-state index in [9.17, 15) is 0 Å². The molecule has 7 rings (SSSR count). The van der Waals surface area contributed by atoms with Crippen molar-refractivity contribution in [3.8, 4) is 0 Å². The summed E-state index contributed by atoms with van der Waals surface area (Å²) in [5, 5.41) is 6.25. The maximum Gasteiger partial charge on any atom is 0.210 e. The zero-order valence-corrected chi connectivity index (χ0v) is 36.0. The molecule has 2 aliphatic heterocycles. The van der Waals surface area contributed by atoms with Crippen molar-refractivity contribution >= 4 is 50.2 Å². The van der Waals surface area contributed by atoms with E-state index in [-0.39, 0.29) is 10.8 Å². The van der Waals surface area contributed by atoms with E-state index in [1.54, 1.807) is 0 Å². The molecule has 55 heavy (non-hydrogen) atoms. The monoisotopic (exact) mass is 755 g/mol. The van der Waals surface area contributed by atoms with Gasteiger partial charge in [-0.1, -0.05) is 92.2 Å². The molecular weight excluding hydrogens is 692 g/mol. The molecule has 0 spiro atoms. The lowest BCUT2D eigenvalue weighted by atomic mass is 9.78. The van der Waals surface area contributed by atoms with Crippen LogP contribution in [0.4, 0.5) is 11.4 Å². The van der Waals surface area contributed by atoms with Crippen LogP contribution in [0.2, 0.25) is 0 Å². The van der Waals surface area contributed by atoms with Gasteiger partial charge in [-0.05, 0) is 89.6 Å².